The van der Waals surface area contributed by atoms with Gasteiger partial charge in [-0.15, -0.1) is 0 Å². The van der Waals surface area contributed by atoms with Crippen LogP contribution in [0, 0.1) is 0 Å². The second-order valence-corrected chi connectivity index (χ2v) is 6.77. The summed E-state index contributed by atoms with van der Waals surface area (Å²) in [7, 11) is 0. The third kappa shape index (κ3) is 2.99. The van der Waals surface area contributed by atoms with Crippen LogP contribution in [0.3, 0.4) is 0 Å². The molecule has 0 aromatic heterocycles. The van der Waals surface area contributed by atoms with E-state index in [1.54, 1.807) is 0 Å². The molecule has 0 saturated heterocycles. The summed E-state index contributed by atoms with van der Waals surface area (Å²) in [5.74, 6) is 0. The lowest BCUT2D eigenvalue weighted by molar-refractivity contribution is 0.432. The van der Waals surface area contributed by atoms with Gasteiger partial charge >= 0.3 is 0 Å². The Bertz CT molecular complexity index is 407. The van der Waals surface area contributed by atoms with Crippen LogP contribution in [0.1, 0.15) is 56.3 Å². The van der Waals surface area contributed by atoms with E-state index in [2.05, 4.69) is 49.7 Å². The summed E-state index contributed by atoms with van der Waals surface area (Å²) in [6.45, 7) is 5.64. The summed E-state index contributed by atoms with van der Waals surface area (Å²) >= 11 is 1.99. The van der Waals surface area contributed by atoms with Crippen LogP contribution in [0.15, 0.2) is 24.3 Å². The monoisotopic (exact) mass is 278 g/mol. The van der Waals surface area contributed by atoms with Crippen molar-refractivity contribution >= 4 is 11.8 Å². The highest BCUT2D eigenvalue weighted by molar-refractivity contribution is 8.00. The Morgan fingerprint density at radius 3 is 2.47 bits per heavy atom. The first kappa shape index (κ1) is 14.9. The fourth-order valence-electron chi connectivity index (χ4n) is 3.04. The molecule has 3 N–H and O–H groups in total. The van der Waals surface area contributed by atoms with Crippen LogP contribution in [-0.4, -0.2) is 17.5 Å². The number of nitrogens with one attached hydrogen (secondary N) is 1. The maximum atomic E-state index is 6.23. The third-order valence-electron chi connectivity index (χ3n) is 4.65. The highest BCUT2D eigenvalue weighted by atomic mass is 32.2. The molecule has 106 valence electrons. The van der Waals surface area contributed by atoms with Crippen molar-refractivity contribution in [1.29, 1.82) is 0 Å². The number of fused-ring (bicyclic) bond motifs is 1. The number of hydrogen-bond acceptors (Lipinski definition) is 3. The molecule has 2 atom stereocenters. The molecule has 0 radical (unpaired) electrons. The Morgan fingerprint density at radius 2 is 1.89 bits per heavy atom. The van der Waals surface area contributed by atoms with Crippen molar-refractivity contribution in [2.75, 3.05) is 12.8 Å². The van der Waals surface area contributed by atoms with E-state index in [0.717, 1.165) is 13.0 Å². The van der Waals surface area contributed by atoms with Crippen molar-refractivity contribution in [1.82, 2.24) is 5.32 Å². The maximum absolute atomic E-state index is 6.23. The van der Waals surface area contributed by atoms with Crippen molar-refractivity contribution in [3.8, 4) is 0 Å². The maximum Gasteiger partial charge on any atom is 0.0342 e. The van der Waals surface area contributed by atoms with E-state index in [9.17, 15) is 0 Å². The molecule has 0 heterocycles. The predicted octanol–water partition coefficient (Wildman–Crippen LogP) is 3.64. The first-order valence-corrected chi connectivity index (χ1v) is 8.51. The average Bonchev–Trinajstić information content (AvgIpc) is 2.78. The van der Waals surface area contributed by atoms with Gasteiger partial charge in [0.1, 0.15) is 0 Å². The molecular formula is C16H26N2S. The van der Waals surface area contributed by atoms with Gasteiger partial charge in [-0.05, 0) is 36.6 Å². The summed E-state index contributed by atoms with van der Waals surface area (Å²) < 4.78 is 0.363. The molecule has 0 spiro atoms. The van der Waals surface area contributed by atoms with Crippen molar-refractivity contribution in [2.24, 2.45) is 5.73 Å². The van der Waals surface area contributed by atoms with Gasteiger partial charge in [-0.25, -0.2) is 0 Å². The molecule has 0 aliphatic heterocycles. The molecule has 2 nitrogen and oxygen atoms in total. The van der Waals surface area contributed by atoms with E-state index in [0.29, 0.717) is 10.8 Å². The Morgan fingerprint density at radius 1 is 1.26 bits per heavy atom. The van der Waals surface area contributed by atoms with Gasteiger partial charge < -0.3 is 11.1 Å². The molecule has 0 fully saturated rings. The van der Waals surface area contributed by atoms with Gasteiger partial charge in [-0.2, -0.15) is 11.8 Å². The minimum atomic E-state index is 0.195. The van der Waals surface area contributed by atoms with Crippen molar-refractivity contribution in [2.45, 2.75) is 49.9 Å². The SMILES string of the molecule is CCC(CC)(CNC1CC(N)c2ccccc21)SC. The van der Waals surface area contributed by atoms with E-state index >= 15 is 0 Å². The molecule has 2 rings (SSSR count). The normalized spacial score (nSPS) is 22.5. The van der Waals surface area contributed by atoms with Crippen LogP contribution in [0.5, 0.6) is 0 Å². The lowest BCUT2D eigenvalue weighted by atomic mass is 10.0. The number of hydrogen-bond donors (Lipinski definition) is 2. The molecule has 1 aromatic rings. The van der Waals surface area contributed by atoms with Crippen LogP contribution >= 0.6 is 11.8 Å². The molecule has 1 aromatic carbocycles. The zero-order chi connectivity index (χ0) is 13.9. The molecule has 1 aliphatic rings. The molecule has 1 aliphatic carbocycles. The summed E-state index contributed by atoms with van der Waals surface area (Å²) in [5, 5.41) is 3.76. The minimum Gasteiger partial charge on any atom is -0.324 e. The second-order valence-electron chi connectivity index (χ2n) is 5.50. The molecule has 19 heavy (non-hydrogen) atoms. The van der Waals surface area contributed by atoms with Crippen molar-refractivity contribution in [3.05, 3.63) is 35.4 Å². The van der Waals surface area contributed by atoms with E-state index in [1.165, 1.54) is 24.0 Å². The number of thioether (sulfide) groups is 1. The Kier molecular flexibility index (Phi) is 4.93. The average molecular weight is 278 g/mol. The lowest BCUT2D eigenvalue weighted by Crippen LogP contribution is -2.38. The first-order valence-electron chi connectivity index (χ1n) is 7.28. The van der Waals surface area contributed by atoms with Gasteiger partial charge in [0.25, 0.3) is 0 Å². The zero-order valence-corrected chi connectivity index (χ0v) is 13.1. The summed E-state index contributed by atoms with van der Waals surface area (Å²) in [6.07, 6.45) is 5.66. The molecule has 3 heteroatoms. The van der Waals surface area contributed by atoms with Gasteiger partial charge in [-0.1, -0.05) is 38.1 Å². The summed E-state index contributed by atoms with van der Waals surface area (Å²) in [6, 6.07) is 9.22. The Hall–Kier alpha value is -0.510. The van der Waals surface area contributed by atoms with Crippen LogP contribution in [0.2, 0.25) is 0 Å². The van der Waals surface area contributed by atoms with Gasteiger partial charge in [0.05, 0.1) is 0 Å². The quantitative estimate of drug-likeness (QED) is 0.834. The smallest absolute Gasteiger partial charge is 0.0342 e. The summed E-state index contributed by atoms with van der Waals surface area (Å²) in [4.78, 5) is 0. The number of nitrogens with two attached hydrogens (primary N) is 1. The first-order chi connectivity index (χ1) is 9.15. The van der Waals surface area contributed by atoms with Crippen LogP contribution in [0.25, 0.3) is 0 Å². The van der Waals surface area contributed by atoms with Crippen LogP contribution in [0.4, 0.5) is 0 Å². The lowest BCUT2D eigenvalue weighted by Gasteiger charge is -2.31. The van der Waals surface area contributed by atoms with E-state index < -0.39 is 0 Å². The minimum absolute atomic E-state index is 0.195. The molecule has 0 bridgehead atoms. The van der Waals surface area contributed by atoms with E-state index in [4.69, 9.17) is 5.73 Å². The van der Waals surface area contributed by atoms with Crippen LogP contribution in [-0.2, 0) is 0 Å². The van der Waals surface area contributed by atoms with E-state index in [-0.39, 0.29) is 6.04 Å². The van der Waals surface area contributed by atoms with Crippen LogP contribution < -0.4 is 11.1 Å². The van der Waals surface area contributed by atoms with Gasteiger partial charge in [-0.3, -0.25) is 0 Å². The molecule has 2 unspecified atom stereocenters. The standard InChI is InChI=1S/C16H26N2S/c1-4-16(5-2,19-3)11-18-15-10-14(17)12-8-6-7-9-13(12)15/h6-9,14-15,18H,4-5,10-11,17H2,1-3H3. The van der Waals surface area contributed by atoms with Crippen molar-refractivity contribution in [3.63, 3.8) is 0 Å². The largest absolute Gasteiger partial charge is 0.324 e. The Labute approximate surface area is 121 Å². The van der Waals surface area contributed by atoms with Gasteiger partial charge in [0.2, 0.25) is 0 Å². The molecule has 0 amide bonds. The fourth-order valence-corrected chi connectivity index (χ4v) is 3.84. The van der Waals surface area contributed by atoms with E-state index in [1.807, 2.05) is 11.8 Å². The fraction of sp³-hybridized carbons (Fsp3) is 0.625. The topological polar surface area (TPSA) is 38.0 Å². The summed E-state index contributed by atoms with van der Waals surface area (Å²) in [5.41, 5.74) is 8.95. The number of rotatable bonds is 6. The van der Waals surface area contributed by atoms with Gasteiger partial charge in [0, 0.05) is 23.4 Å². The number of benzene rings is 1. The highest BCUT2D eigenvalue weighted by Crippen LogP contribution is 2.38. The molecule has 0 saturated carbocycles. The zero-order valence-electron chi connectivity index (χ0n) is 12.3. The molecular weight excluding hydrogens is 252 g/mol. The highest BCUT2D eigenvalue weighted by Gasteiger charge is 2.31. The third-order valence-corrected chi connectivity index (χ3v) is 6.24. The predicted molar refractivity (Wildman–Crippen MR) is 85.6 cm³/mol. The van der Waals surface area contributed by atoms with Crippen molar-refractivity contribution < 1.29 is 0 Å². The Balaban J connectivity index is 2.06. The second kappa shape index (κ2) is 6.29. The van der Waals surface area contributed by atoms with Gasteiger partial charge in [0.15, 0.2) is 0 Å².